The van der Waals surface area contributed by atoms with E-state index in [1.54, 1.807) is 0 Å². The van der Waals surface area contributed by atoms with Gasteiger partial charge in [-0.25, -0.2) is 0 Å². The summed E-state index contributed by atoms with van der Waals surface area (Å²) in [6.45, 7) is 8.51. The lowest BCUT2D eigenvalue weighted by atomic mass is 9.90. The highest BCUT2D eigenvalue weighted by molar-refractivity contribution is 5.99. The van der Waals surface area contributed by atoms with Crippen molar-refractivity contribution in [1.29, 1.82) is 0 Å². The Labute approximate surface area is 137 Å². The van der Waals surface area contributed by atoms with Gasteiger partial charge in [-0.15, -0.1) is 12.4 Å². The van der Waals surface area contributed by atoms with E-state index in [0.717, 1.165) is 23.0 Å². The van der Waals surface area contributed by atoms with Crippen molar-refractivity contribution in [2.24, 2.45) is 11.7 Å². The van der Waals surface area contributed by atoms with Crippen LogP contribution in [0.15, 0.2) is 28.7 Å². The summed E-state index contributed by atoms with van der Waals surface area (Å²) in [6.07, 6.45) is 0.828. The van der Waals surface area contributed by atoms with Crippen molar-refractivity contribution >= 4 is 29.3 Å². The van der Waals surface area contributed by atoms with Gasteiger partial charge in [-0.3, -0.25) is 4.79 Å². The summed E-state index contributed by atoms with van der Waals surface area (Å²) >= 11 is 0. The van der Waals surface area contributed by atoms with Gasteiger partial charge in [-0.05, 0) is 32.3 Å². The van der Waals surface area contributed by atoms with Gasteiger partial charge < -0.3 is 15.5 Å². The van der Waals surface area contributed by atoms with E-state index in [2.05, 4.69) is 19.2 Å². The highest BCUT2D eigenvalue weighted by Gasteiger charge is 2.28. The Hall–Kier alpha value is -1.52. The Morgan fingerprint density at radius 2 is 2.00 bits per heavy atom. The van der Waals surface area contributed by atoms with E-state index in [0.29, 0.717) is 18.2 Å². The number of nitrogens with two attached hydrogens (primary N) is 1. The number of benzene rings is 1. The number of para-hydroxylation sites is 1. The third kappa shape index (κ3) is 3.81. The lowest BCUT2D eigenvalue weighted by molar-refractivity contribution is 0.0871. The molecular formula is C17H25ClN2O2. The molecule has 1 aromatic heterocycles. The molecule has 1 unspecified atom stereocenters. The number of carbonyl (C=O) groups excluding carboxylic acids is 1. The maximum Gasteiger partial charge on any atom is 0.287 e. The van der Waals surface area contributed by atoms with E-state index in [1.165, 1.54) is 0 Å². The Morgan fingerprint density at radius 3 is 2.55 bits per heavy atom. The third-order valence-corrected chi connectivity index (χ3v) is 3.77. The molecule has 0 bridgehead atoms. The molecule has 0 aliphatic rings. The molecule has 0 saturated heterocycles. The van der Waals surface area contributed by atoms with Crippen LogP contribution in [0.1, 0.15) is 43.3 Å². The maximum absolute atomic E-state index is 12.5. The topological polar surface area (TPSA) is 68.3 Å². The zero-order chi connectivity index (χ0) is 15.6. The summed E-state index contributed by atoms with van der Waals surface area (Å²) in [4.78, 5) is 12.5. The van der Waals surface area contributed by atoms with Crippen LogP contribution in [0.2, 0.25) is 0 Å². The molecule has 4 nitrogen and oxygen atoms in total. The van der Waals surface area contributed by atoms with E-state index in [-0.39, 0.29) is 18.3 Å². The minimum absolute atomic E-state index is 0. The molecule has 0 spiro atoms. The first-order valence-corrected chi connectivity index (χ1v) is 7.37. The van der Waals surface area contributed by atoms with Crippen LogP contribution in [0.25, 0.3) is 11.0 Å². The van der Waals surface area contributed by atoms with Gasteiger partial charge in [0.15, 0.2) is 5.76 Å². The summed E-state index contributed by atoms with van der Waals surface area (Å²) in [5.41, 5.74) is 7.03. The van der Waals surface area contributed by atoms with E-state index in [4.69, 9.17) is 10.2 Å². The van der Waals surface area contributed by atoms with Crippen LogP contribution in [0.3, 0.4) is 0 Å². The molecule has 5 heteroatoms. The van der Waals surface area contributed by atoms with Gasteiger partial charge in [-0.2, -0.15) is 0 Å². The molecule has 0 saturated carbocycles. The predicted molar refractivity (Wildman–Crippen MR) is 92.6 cm³/mol. The highest BCUT2D eigenvalue weighted by Crippen LogP contribution is 2.25. The van der Waals surface area contributed by atoms with Crippen molar-refractivity contribution in [2.45, 2.75) is 39.7 Å². The van der Waals surface area contributed by atoms with Crippen LogP contribution >= 0.6 is 12.4 Å². The summed E-state index contributed by atoms with van der Waals surface area (Å²) < 4.78 is 5.70. The highest BCUT2D eigenvalue weighted by atomic mass is 35.5. The number of halogens is 1. The summed E-state index contributed by atoms with van der Waals surface area (Å²) in [5.74, 6) is 0.632. The molecule has 122 valence electrons. The van der Waals surface area contributed by atoms with Crippen LogP contribution in [-0.2, 0) is 0 Å². The average Bonchev–Trinajstić information content (AvgIpc) is 2.76. The first-order valence-electron chi connectivity index (χ1n) is 7.37. The molecule has 1 amide bonds. The molecule has 0 radical (unpaired) electrons. The fourth-order valence-corrected chi connectivity index (χ4v) is 2.81. The van der Waals surface area contributed by atoms with E-state index in [1.807, 2.05) is 38.1 Å². The molecular weight excluding hydrogens is 300 g/mol. The number of aryl methyl sites for hydroxylation is 1. The second kappa shape index (κ2) is 7.16. The van der Waals surface area contributed by atoms with Crippen molar-refractivity contribution in [3.8, 4) is 0 Å². The van der Waals surface area contributed by atoms with E-state index >= 15 is 0 Å². The van der Waals surface area contributed by atoms with Gasteiger partial charge in [0.2, 0.25) is 0 Å². The quantitative estimate of drug-likeness (QED) is 0.882. The molecule has 1 atom stereocenters. The van der Waals surface area contributed by atoms with Crippen LogP contribution in [0.5, 0.6) is 0 Å². The SMILES string of the molecule is Cc1c(C(=O)NC(C)(CN)CC(C)C)oc2ccccc12.Cl. The number of hydrogen-bond donors (Lipinski definition) is 2. The standard InChI is InChI=1S/C17H24N2O2.ClH/c1-11(2)9-17(4,10-18)19-16(20)15-12(3)13-7-5-6-8-14(13)21-15;/h5-8,11H,9-10,18H2,1-4H3,(H,19,20);1H. The Bertz CT molecular complexity index is 651. The van der Waals surface area contributed by atoms with Crippen LogP contribution in [0, 0.1) is 12.8 Å². The van der Waals surface area contributed by atoms with E-state index in [9.17, 15) is 4.79 Å². The smallest absolute Gasteiger partial charge is 0.287 e. The molecule has 0 aliphatic carbocycles. The number of amides is 1. The third-order valence-electron chi connectivity index (χ3n) is 3.77. The van der Waals surface area contributed by atoms with Crippen molar-refractivity contribution in [2.75, 3.05) is 6.54 Å². The molecule has 2 rings (SSSR count). The maximum atomic E-state index is 12.5. The fraction of sp³-hybridized carbons (Fsp3) is 0.471. The van der Waals surface area contributed by atoms with E-state index < -0.39 is 5.54 Å². The van der Waals surface area contributed by atoms with Crippen LogP contribution in [0.4, 0.5) is 0 Å². The minimum atomic E-state index is -0.420. The minimum Gasteiger partial charge on any atom is -0.451 e. The van der Waals surface area contributed by atoms with Gasteiger partial charge in [0.25, 0.3) is 5.91 Å². The normalized spacial score (nSPS) is 13.7. The number of hydrogen-bond acceptors (Lipinski definition) is 3. The Balaban J connectivity index is 0.00000242. The first-order chi connectivity index (χ1) is 9.86. The Kier molecular flexibility index (Phi) is 6.03. The zero-order valence-corrected chi connectivity index (χ0v) is 14.4. The number of furan rings is 1. The molecule has 22 heavy (non-hydrogen) atoms. The number of fused-ring (bicyclic) bond motifs is 1. The summed E-state index contributed by atoms with van der Waals surface area (Å²) in [5, 5.41) is 4.01. The van der Waals surface area contributed by atoms with Crippen molar-refractivity contribution < 1.29 is 9.21 Å². The predicted octanol–water partition coefficient (Wildman–Crippen LogP) is 3.66. The largest absolute Gasteiger partial charge is 0.451 e. The second-order valence-corrected chi connectivity index (χ2v) is 6.37. The molecule has 1 aromatic carbocycles. The lowest BCUT2D eigenvalue weighted by Gasteiger charge is -2.30. The average molecular weight is 325 g/mol. The summed E-state index contributed by atoms with van der Waals surface area (Å²) in [6, 6.07) is 7.67. The Morgan fingerprint density at radius 1 is 1.36 bits per heavy atom. The van der Waals surface area contributed by atoms with Crippen molar-refractivity contribution in [3.05, 3.63) is 35.6 Å². The lowest BCUT2D eigenvalue weighted by Crippen LogP contribution is -2.52. The van der Waals surface area contributed by atoms with Crippen LogP contribution in [-0.4, -0.2) is 18.0 Å². The van der Waals surface area contributed by atoms with Crippen LogP contribution < -0.4 is 11.1 Å². The molecule has 3 N–H and O–H groups in total. The monoisotopic (exact) mass is 324 g/mol. The molecule has 0 aliphatic heterocycles. The van der Waals surface area contributed by atoms with Gasteiger partial charge in [0, 0.05) is 17.5 Å². The van der Waals surface area contributed by atoms with Gasteiger partial charge in [-0.1, -0.05) is 32.0 Å². The molecule has 0 fully saturated rings. The molecule has 1 heterocycles. The zero-order valence-electron chi connectivity index (χ0n) is 13.6. The van der Waals surface area contributed by atoms with Crippen molar-refractivity contribution in [3.63, 3.8) is 0 Å². The number of carbonyl (C=O) groups is 1. The number of rotatable bonds is 5. The first kappa shape index (κ1) is 18.5. The summed E-state index contributed by atoms with van der Waals surface area (Å²) in [7, 11) is 0. The second-order valence-electron chi connectivity index (χ2n) is 6.37. The van der Waals surface area contributed by atoms with Gasteiger partial charge in [0.05, 0.1) is 5.54 Å². The molecule has 2 aromatic rings. The van der Waals surface area contributed by atoms with Gasteiger partial charge in [0.1, 0.15) is 5.58 Å². The fourth-order valence-electron chi connectivity index (χ4n) is 2.81. The van der Waals surface area contributed by atoms with Gasteiger partial charge >= 0.3 is 0 Å². The van der Waals surface area contributed by atoms with Crippen molar-refractivity contribution in [1.82, 2.24) is 5.32 Å². The number of nitrogens with one attached hydrogen (secondary N) is 1.